The van der Waals surface area contributed by atoms with Crippen LogP contribution in [0.2, 0.25) is 0 Å². The Bertz CT molecular complexity index is 366. The highest BCUT2D eigenvalue weighted by Gasteiger charge is 2.14. The molecule has 17 heavy (non-hydrogen) atoms. The summed E-state index contributed by atoms with van der Waals surface area (Å²) in [6.45, 7) is 4.72. The van der Waals surface area contributed by atoms with Gasteiger partial charge in [0, 0.05) is 17.9 Å². The summed E-state index contributed by atoms with van der Waals surface area (Å²) >= 11 is 1.99. The Labute approximate surface area is 107 Å². The minimum absolute atomic E-state index is 0.247. The van der Waals surface area contributed by atoms with Gasteiger partial charge >= 0.3 is 0 Å². The number of hydrogen-bond donors (Lipinski definition) is 0. The van der Waals surface area contributed by atoms with E-state index in [4.69, 9.17) is 0 Å². The highest BCUT2D eigenvalue weighted by Crippen LogP contribution is 2.11. The van der Waals surface area contributed by atoms with E-state index in [9.17, 15) is 4.79 Å². The highest BCUT2D eigenvalue weighted by molar-refractivity contribution is 7.99. The van der Waals surface area contributed by atoms with Crippen LogP contribution < -0.4 is 0 Å². The molecule has 1 aliphatic rings. The van der Waals surface area contributed by atoms with Gasteiger partial charge < -0.3 is 0 Å². The van der Waals surface area contributed by atoms with Gasteiger partial charge in [-0.25, -0.2) is 0 Å². The molecule has 1 saturated heterocycles. The van der Waals surface area contributed by atoms with Crippen LogP contribution in [-0.2, 0) is 0 Å². The van der Waals surface area contributed by atoms with Crippen LogP contribution in [-0.4, -0.2) is 41.8 Å². The zero-order chi connectivity index (χ0) is 12.1. The van der Waals surface area contributed by atoms with E-state index in [0.717, 1.165) is 24.4 Å². The van der Waals surface area contributed by atoms with Gasteiger partial charge in [-0.05, 0) is 25.6 Å². The molecule has 1 aromatic carbocycles. The average Bonchev–Trinajstić information content (AvgIpc) is 2.58. The number of rotatable bonds is 3. The topological polar surface area (TPSA) is 20.3 Å². The zero-order valence-corrected chi connectivity index (χ0v) is 11.1. The second kappa shape index (κ2) is 6.22. The molecule has 3 heteroatoms. The first-order chi connectivity index (χ1) is 8.25. The molecule has 0 bridgehead atoms. The van der Waals surface area contributed by atoms with Crippen LogP contribution in [0.1, 0.15) is 22.3 Å². The highest BCUT2D eigenvalue weighted by atomic mass is 32.2. The maximum Gasteiger partial charge on any atom is 0.176 e. The second-order valence-electron chi connectivity index (χ2n) is 4.53. The summed E-state index contributed by atoms with van der Waals surface area (Å²) in [7, 11) is 0. The van der Waals surface area contributed by atoms with E-state index >= 15 is 0 Å². The number of ketones is 1. The Morgan fingerprint density at radius 3 is 2.76 bits per heavy atom. The summed E-state index contributed by atoms with van der Waals surface area (Å²) in [6, 6.07) is 7.88. The number of carbonyl (C=O) groups is 1. The fourth-order valence-corrected chi connectivity index (χ4v) is 2.91. The minimum atomic E-state index is 0.247. The number of carbonyl (C=O) groups excluding carboxylic acids is 1. The van der Waals surface area contributed by atoms with E-state index in [-0.39, 0.29) is 5.78 Å². The molecule has 1 heterocycles. The lowest BCUT2D eigenvalue weighted by atomic mass is 10.1. The van der Waals surface area contributed by atoms with E-state index in [1.165, 1.54) is 17.7 Å². The van der Waals surface area contributed by atoms with Crippen molar-refractivity contribution >= 4 is 17.5 Å². The van der Waals surface area contributed by atoms with E-state index < -0.39 is 0 Å². The van der Waals surface area contributed by atoms with Crippen LogP contribution in [0.3, 0.4) is 0 Å². The van der Waals surface area contributed by atoms with Crippen molar-refractivity contribution in [3.63, 3.8) is 0 Å². The molecule has 2 nitrogen and oxygen atoms in total. The summed E-state index contributed by atoms with van der Waals surface area (Å²) < 4.78 is 0. The summed E-state index contributed by atoms with van der Waals surface area (Å²) in [6.07, 6.45) is 1.20. The van der Waals surface area contributed by atoms with Gasteiger partial charge in [0.2, 0.25) is 0 Å². The maximum absolute atomic E-state index is 12.1. The predicted octanol–water partition coefficient (Wildman–Crippen LogP) is 2.62. The van der Waals surface area contributed by atoms with Crippen molar-refractivity contribution in [1.29, 1.82) is 0 Å². The molecule has 0 unspecified atom stereocenters. The number of hydrogen-bond acceptors (Lipinski definition) is 3. The molecule has 0 atom stereocenters. The summed E-state index contributed by atoms with van der Waals surface area (Å²) in [5.74, 6) is 2.63. The first-order valence-corrected chi connectivity index (χ1v) is 7.31. The number of nitrogens with zero attached hydrogens (tertiary/aromatic N) is 1. The van der Waals surface area contributed by atoms with Crippen molar-refractivity contribution in [3.8, 4) is 0 Å². The quantitative estimate of drug-likeness (QED) is 0.768. The summed E-state index contributed by atoms with van der Waals surface area (Å²) in [5.41, 5.74) is 2.04. The summed E-state index contributed by atoms with van der Waals surface area (Å²) in [5, 5.41) is 0. The van der Waals surface area contributed by atoms with Gasteiger partial charge in [-0.1, -0.05) is 29.8 Å². The fraction of sp³-hybridized carbons (Fsp3) is 0.500. The number of benzene rings is 1. The molecule has 0 aliphatic carbocycles. The first kappa shape index (κ1) is 12.7. The van der Waals surface area contributed by atoms with Gasteiger partial charge in [-0.3, -0.25) is 9.69 Å². The van der Waals surface area contributed by atoms with Crippen LogP contribution in [0.5, 0.6) is 0 Å². The molecule has 92 valence electrons. The van der Waals surface area contributed by atoms with Crippen molar-refractivity contribution < 1.29 is 4.79 Å². The molecule has 0 amide bonds. The van der Waals surface area contributed by atoms with Crippen molar-refractivity contribution in [1.82, 2.24) is 4.90 Å². The minimum Gasteiger partial charge on any atom is -0.295 e. The van der Waals surface area contributed by atoms with Crippen LogP contribution in [0.15, 0.2) is 24.3 Å². The van der Waals surface area contributed by atoms with Gasteiger partial charge in [-0.15, -0.1) is 0 Å². The molecule has 0 radical (unpaired) electrons. The van der Waals surface area contributed by atoms with Crippen LogP contribution in [0, 0.1) is 6.92 Å². The molecule has 1 fully saturated rings. The molecule has 0 N–H and O–H groups in total. The van der Waals surface area contributed by atoms with Gasteiger partial charge in [-0.2, -0.15) is 11.8 Å². The molecule has 0 aromatic heterocycles. The molecular weight excluding hydrogens is 230 g/mol. The monoisotopic (exact) mass is 249 g/mol. The number of aryl methyl sites for hydroxylation is 1. The van der Waals surface area contributed by atoms with Crippen molar-refractivity contribution in [3.05, 3.63) is 35.4 Å². The maximum atomic E-state index is 12.1. The first-order valence-electron chi connectivity index (χ1n) is 6.16. The van der Waals surface area contributed by atoms with Crippen LogP contribution in [0.4, 0.5) is 0 Å². The third-order valence-electron chi connectivity index (χ3n) is 3.06. The zero-order valence-electron chi connectivity index (χ0n) is 10.3. The normalized spacial score (nSPS) is 17.7. The van der Waals surface area contributed by atoms with Crippen molar-refractivity contribution in [2.45, 2.75) is 13.3 Å². The third-order valence-corrected chi connectivity index (χ3v) is 4.10. The Morgan fingerprint density at radius 1 is 1.24 bits per heavy atom. The standard InChI is InChI=1S/C14H19NOS/c1-12-3-5-13(6-4-12)14(16)11-15-7-2-9-17-10-8-15/h3-6H,2,7-11H2,1H3. The van der Waals surface area contributed by atoms with E-state index in [1.807, 2.05) is 43.0 Å². The van der Waals surface area contributed by atoms with E-state index in [1.54, 1.807) is 0 Å². The molecular formula is C14H19NOS. The van der Waals surface area contributed by atoms with E-state index in [0.29, 0.717) is 6.54 Å². The third kappa shape index (κ3) is 3.86. The van der Waals surface area contributed by atoms with Gasteiger partial charge in [0.05, 0.1) is 6.54 Å². The average molecular weight is 249 g/mol. The second-order valence-corrected chi connectivity index (χ2v) is 5.76. The molecule has 0 saturated carbocycles. The lowest BCUT2D eigenvalue weighted by Crippen LogP contribution is -2.31. The predicted molar refractivity (Wildman–Crippen MR) is 73.9 cm³/mol. The van der Waals surface area contributed by atoms with Gasteiger partial charge in [0.1, 0.15) is 0 Å². The Balaban J connectivity index is 1.93. The molecule has 2 rings (SSSR count). The summed E-state index contributed by atoms with van der Waals surface area (Å²) in [4.78, 5) is 14.4. The smallest absolute Gasteiger partial charge is 0.176 e. The van der Waals surface area contributed by atoms with Crippen molar-refractivity contribution in [2.75, 3.05) is 31.1 Å². The largest absolute Gasteiger partial charge is 0.295 e. The Kier molecular flexibility index (Phi) is 4.63. The lowest BCUT2D eigenvalue weighted by molar-refractivity contribution is 0.0936. The number of thioether (sulfide) groups is 1. The molecule has 0 spiro atoms. The van der Waals surface area contributed by atoms with Gasteiger partial charge in [0.15, 0.2) is 5.78 Å². The van der Waals surface area contributed by atoms with Gasteiger partial charge in [0.25, 0.3) is 0 Å². The lowest BCUT2D eigenvalue weighted by Gasteiger charge is -2.18. The Hall–Kier alpha value is -0.800. The van der Waals surface area contributed by atoms with Crippen molar-refractivity contribution in [2.24, 2.45) is 0 Å². The fourth-order valence-electron chi connectivity index (χ4n) is 1.99. The van der Waals surface area contributed by atoms with E-state index in [2.05, 4.69) is 4.90 Å². The van der Waals surface area contributed by atoms with Crippen LogP contribution in [0.25, 0.3) is 0 Å². The molecule has 1 aromatic rings. The SMILES string of the molecule is Cc1ccc(C(=O)CN2CCCSCC2)cc1. The Morgan fingerprint density at radius 2 is 2.00 bits per heavy atom. The molecule has 1 aliphatic heterocycles. The number of Topliss-reactive ketones (excluding diaryl/α,β-unsaturated/α-hetero) is 1. The van der Waals surface area contributed by atoms with Crippen LogP contribution >= 0.6 is 11.8 Å².